The summed E-state index contributed by atoms with van der Waals surface area (Å²) < 4.78 is 4.33. The SMILES string of the molecule is CC(O)C(=O)OC(CC(=O)O)(CC(=O)O)C(=O)O.O.O.[NaH].[NaH].[NaH].[NaH]. The molecule has 0 radical (unpaired) electrons. The third kappa shape index (κ3) is 17.2. The van der Waals surface area contributed by atoms with Gasteiger partial charge >= 0.3 is 142 Å². The Balaban J connectivity index is -0.0000000963. The normalized spacial score (nSPS) is 9.42. The van der Waals surface area contributed by atoms with Crippen molar-refractivity contribution in [2.75, 3.05) is 0 Å². The van der Waals surface area contributed by atoms with Crippen LogP contribution in [0.4, 0.5) is 0 Å². The molecule has 126 valence electrons. The number of ether oxygens (including phenoxy) is 1. The molecular formula is C9H20Na4O11. The van der Waals surface area contributed by atoms with Crippen LogP contribution in [0.3, 0.4) is 0 Å². The molecule has 0 saturated carbocycles. The summed E-state index contributed by atoms with van der Waals surface area (Å²) >= 11 is 0. The zero-order valence-electron chi connectivity index (χ0n) is 10.3. The molecule has 0 heterocycles. The molecule has 0 amide bonds. The van der Waals surface area contributed by atoms with Crippen LogP contribution in [-0.4, -0.2) is 185 Å². The van der Waals surface area contributed by atoms with E-state index in [1.54, 1.807) is 0 Å². The molecule has 0 aliphatic carbocycles. The molecule has 24 heavy (non-hydrogen) atoms. The summed E-state index contributed by atoms with van der Waals surface area (Å²) in [6.45, 7) is 0.969. The van der Waals surface area contributed by atoms with E-state index in [2.05, 4.69) is 4.74 Å². The molecule has 0 fully saturated rings. The Morgan fingerprint density at radius 1 is 0.875 bits per heavy atom. The summed E-state index contributed by atoms with van der Waals surface area (Å²) in [5, 5.41) is 34.8. The third-order valence-electron chi connectivity index (χ3n) is 1.90. The number of hydrogen-bond donors (Lipinski definition) is 4. The van der Waals surface area contributed by atoms with E-state index in [-0.39, 0.29) is 129 Å². The monoisotopic (exact) mass is 396 g/mol. The molecule has 0 aromatic heterocycles. The maximum atomic E-state index is 11.1. The number of carboxylic acids is 3. The number of hydrogen-bond acceptors (Lipinski definition) is 6. The minimum atomic E-state index is -2.74. The van der Waals surface area contributed by atoms with E-state index in [9.17, 15) is 19.2 Å². The van der Waals surface area contributed by atoms with Crippen LogP contribution >= 0.6 is 0 Å². The van der Waals surface area contributed by atoms with Crippen LogP contribution in [-0.2, 0) is 23.9 Å². The molecule has 0 spiro atoms. The predicted octanol–water partition coefficient (Wildman–Crippen LogP) is -5.56. The first-order valence-electron chi connectivity index (χ1n) is 4.68. The Hall–Kier alpha value is 1.76. The zero-order valence-corrected chi connectivity index (χ0v) is 10.3. The van der Waals surface area contributed by atoms with Gasteiger partial charge < -0.3 is 36.1 Å². The molecule has 11 nitrogen and oxygen atoms in total. The number of esters is 1. The van der Waals surface area contributed by atoms with E-state index in [0.29, 0.717) is 0 Å². The number of carbonyl (C=O) groups is 4. The van der Waals surface area contributed by atoms with Gasteiger partial charge in [0.15, 0.2) is 0 Å². The van der Waals surface area contributed by atoms with Crippen molar-refractivity contribution in [2.45, 2.75) is 31.5 Å². The molecular weight excluding hydrogens is 376 g/mol. The van der Waals surface area contributed by atoms with Crippen molar-refractivity contribution in [3.05, 3.63) is 0 Å². The molecule has 0 saturated heterocycles. The van der Waals surface area contributed by atoms with Crippen LogP contribution in [0.1, 0.15) is 19.8 Å². The van der Waals surface area contributed by atoms with E-state index in [1.807, 2.05) is 0 Å². The summed E-state index contributed by atoms with van der Waals surface area (Å²) in [7, 11) is 0. The number of aliphatic carboxylic acids is 3. The number of rotatable bonds is 7. The van der Waals surface area contributed by atoms with Crippen molar-refractivity contribution in [2.24, 2.45) is 0 Å². The van der Waals surface area contributed by atoms with Gasteiger partial charge in [-0.05, 0) is 6.92 Å². The number of aliphatic hydroxyl groups is 1. The van der Waals surface area contributed by atoms with Crippen LogP contribution in [0.25, 0.3) is 0 Å². The van der Waals surface area contributed by atoms with Crippen LogP contribution in [0.15, 0.2) is 0 Å². The molecule has 0 aliphatic heterocycles. The minimum absolute atomic E-state index is 0. The quantitative estimate of drug-likeness (QED) is 0.237. The van der Waals surface area contributed by atoms with Crippen LogP contribution in [0.2, 0.25) is 0 Å². The van der Waals surface area contributed by atoms with Gasteiger partial charge in [0.25, 0.3) is 0 Å². The molecule has 15 heteroatoms. The van der Waals surface area contributed by atoms with Crippen molar-refractivity contribution in [1.29, 1.82) is 0 Å². The van der Waals surface area contributed by atoms with Gasteiger partial charge in [-0.2, -0.15) is 0 Å². The van der Waals surface area contributed by atoms with E-state index < -0.39 is 48.4 Å². The van der Waals surface area contributed by atoms with Crippen LogP contribution in [0.5, 0.6) is 0 Å². The molecule has 0 aromatic rings. The Labute approximate surface area is 225 Å². The summed E-state index contributed by atoms with van der Waals surface area (Å²) in [6, 6.07) is 0. The van der Waals surface area contributed by atoms with Crippen LogP contribution < -0.4 is 0 Å². The van der Waals surface area contributed by atoms with Gasteiger partial charge in [-0.1, -0.05) is 0 Å². The molecule has 8 N–H and O–H groups in total. The predicted molar refractivity (Wildman–Crippen MR) is 88.5 cm³/mol. The van der Waals surface area contributed by atoms with Crippen LogP contribution in [0, 0.1) is 0 Å². The van der Waals surface area contributed by atoms with E-state index in [1.165, 1.54) is 0 Å². The van der Waals surface area contributed by atoms with Crippen molar-refractivity contribution >= 4 is 142 Å². The molecule has 0 bridgehead atoms. The molecule has 1 atom stereocenters. The average Bonchev–Trinajstić information content (AvgIpc) is 2.14. The maximum absolute atomic E-state index is 11.1. The third-order valence-corrected chi connectivity index (χ3v) is 1.90. The molecule has 0 aromatic carbocycles. The fourth-order valence-corrected chi connectivity index (χ4v) is 1.10. The van der Waals surface area contributed by atoms with Gasteiger partial charge in [-0.3, -0.25) is 9.59 Å². The second kappa shape index (κ2) is 21.1. The first kappa shape index (κ1) is 44.9. The summed E-state index contributed by atoms with van der Waals surface area (Å²) in [6.07, 6.45) is -4.16. The van der Waals surface area contributed by atoms with Crippen molar-refractivity contribution in [3.8, 4) is 0 Å². The second-order valence-electron chi connectivity index (χ2n) is 3.54. The molecule has 0 rings (SSSR count). The van der Waals surface area contributed by atoms with Gasteiger partial charge in [-0.25, -0.2) is 9.59 Å². The van der Waals surface area contributed by atoms with Gasteiger partial charge in [0.2, 0.25) is 5.60 Å². The summed E-state index contributed by atoms with van der Waals surface area (Å²) in [5.74, 6) is -6.64. The summed E-state index contributed by atoms with van der Waals surface area (Å²) in [5.41, 5.74) is -2.74. The Morgan fingerprint density at radius 2 is 1.17 bits per heavy atom. The fraction of sp³-hybridized carbons (Fsp3) is 0.556. The van der Waals surface area contributed by atoms with E-state index in [0.717, 1.165) is 6.92 Å². The second-order valence-corrected chi connectivity index (χ2v) is 3.54. The standard InChI is InChI=1S/C9H12O9.4Na.2H2O.4H/c1-4(10)7(15)18-9(8(16)17,2-5(11)12)3-6(13)14;;;;;;;;;;/h4,10H,2-3H2,1H3,(H,11,12)(H,13,14)(H,16,17);;;;;2*1H2;;;;. The number of aliphatic hydroxyl groups excluding tert-OH is 1. The van der Waals surface area contributed by atoms with Crippen molar-refractivity contribution in [3.63, 3.8) is 0 Å². The molecule has 0 aliphatic rings. The first-order valence-corrected chi connectivity index (χ1v) is 4.68. The topological polar surface area (TPSA) is 221 Å². The van der Waals surface area contributed by atoms with E-state index >= 15 is 0 Å². The molecule has 1 unspecified atom stereocenters. The zero-order chi connectivity index (χ0) is 14.5. The van der Waals surface area contributed by atoms with Gasteiger partial charge in [0, 0.05) is 0 Å². The number of carboxylic acid groups (broad SMARTS) is 3. The van der Waals surface area contributed by atoms with Gasteiger partial charge in [0.05, 0.1) is 12.8 Å². The number of carbonyl (C=O) groups excluding carboxylic acids is 1. The fourth-order valence-electron chi connectivity index (χ4n) is 1.10. The van der Waals surface area contributed by atoms with E-state index in [4.69, 9.17) is 20.4 Å². The summed E-state index contributed by atoms with van der Waals surface area (Å²) in [4.78, 5) is 43.2. The first-order chi connectivity index (χ1) is 8.10. The Morgan fingerprint density at radius 3 is 1.33 bits per heavy atom. The van der Waals surface area contributed by atoms with Crippen molar-refractivity contribution in [1.82, 2.24) is 0 Å². The van der Waals surface area contributed by atoms with Gasteiger partial charge in [-0.15, -0.1) is 0 Å². The Kier molecular flexibility index (Phi) is 39.4. The van der Waals surface area contributed by atoms with Crippen molar-refractivity contribution < 1.29 is 55.3 Å². The average molecular weight is 396 g/mol. The van der Waals surface area contributed by atoms with Gasteiger partial charge in [0.1, 0.15) is 6.10 Å². The Bertz CT molecular complexity index is 372.